The Hall–Kier alpha value is -2.56. The predicted octanol–water partition coefficient (Wildman–Crippen LogP) is 2.24. The summed E-state index contributed by atoms with van der Waals surface area (Å²) in [5.74, 6) is -0.842. The van der Waals surface area contributed by atoms with Gasteiger partial charge >= 0.3 is 5.97 Å². The summed E-state index contributed by atoms with van der Waals surface area (Å²) in [5, 5.41) is 0. The first kappa shape index (κ1) is 13.4. The largest absolute Gasteiger partial charge is 0.468 e. The van der Waals surface area contributed by atoms with Crippen LogP contribution in [0.25, 0.3) is 0 Å². The number of carbonyl (C=O) groups excluding carboxylic acids is 2. The number of para-hydroxylation sites is 1. The highest BCUT2D eigenvalue weighted by Gasteiger charge is 2.37. The summed E-state index contributed by atoms with van der Waals surface area (Å²) in [5.41, 5.74) is 3.05. The number of anilines is 1. The van der Waals surface area contributed by atoms with Crippen molar-refractivity contribution in [2.24, 2.45) is 0 Å². The Morgan fingerprint density at radius 1 is 1.29 bits per heavy atom. The van der Waals surface area contributed by atoms with Crippen LogP contribution in [0.2, 0.25) is 0 Å². The van der Waals surface area contributed by atoms with E-state index in [1.165, 1.54) is 7.11 Å². The average Bonchev–Trinajstić information content (AvgIpc) is 3.09. The Bertz CT molecular complexity index is 705. The summed E-state index contributed by atoms with van der Waals surface area (Å²) in [6, 6.07) is 9.21. The van der Waals surface area contributed by atoms with Gasteiger partial charge in [0.15, 0.2) is 0 Å². The summed E-state index contributed by atoms with van der Waals surface area (Å²) >= 11 is 0. The molecule has 1 aliphatic rings. The van der Waals surface area contributed by atoms with Crippen LogP contribution < -0.4 is 4.90 Å². The predicted molar refractivity (Wildman–Crippen MR) is 78.4 cm³/mol. The van der Waals surface area contributed by atoms with E-state index in [1.807, 2.05) is 31.2 Å². The van der Waals surface area contributed by atoms with Crippen LogP contribution in [0.15, 0.2) is 36.5 Å². The van der Waals surface area contributed by atoms with E-state index < -0.39 is 5.92 Å². The Morgan fingerprint density at radius 3 is 2.71 bits per heavy atom. The minimum atomic E-state index is -0.422. The molecule has 0 aliphatic carbocycles. The van der Waals surface area contributed by atoms with E-state index in [4.69, 9.17) is 4.74 Å². The smallest absolute Gasteiger partial charge is 0.315 e. The first-order chi connectivity index (χ1) is 10.1. The zero-order valence-electron chi connectivity index (χ0n) is 11.9. The molecule has 5 nitrogen and oxygen atoms in total. The van der Waals surface area contributed by atoms with Gasteiger partial charge in [-0.25, -0.2) is 0 Å². The van der Waals surface area contributed by atoms with Crippen molar-refractivity contribution in [1.29, 1.82) is 0 Å². The number of ether oxygens (including phenoxy) is 1. The molecule has 1 atom stereocenters. The number of aromatic nitrogens is 1. The van der Waals surface area contributed by atoms with Crippen molar-refractivity contribution in [1.82, 2.24) is 4.98 Å². The van der Waals surface area contributed by atoms with E-state index in [1.54, 1.807) is 17.2 Å². The lowest BCUT2D eigenvalue weighted by Gasteiger charge is -2.17. The van der Waals surface area contributed by atoms with E-state index in [9.17, 15) is 9.59 Å². The maximum atomic E-state index is 12.7. The van der Waals surface area contributed by atoms with Gasteiger partial charge in [-0.05, 0) is 24.6 Å². The molecule has 1 aromatic carbocycles. The quantitative estimate of drug-likeness (QED) is 0.860. The Labute approximate surface area is 122 Å². The molecule has 0 radical (unpaired) electrons. The van der Waals surface area contributed by atoms with Crippen molar-refractivity contribution in [3.63, 3.8) is 0 Å². The number of carbonyl (C=O) groups is 2. The molecular weight excluding hydrogens is 268 g/mol. The number of hydrogen-bond acceptors (Lipinski definition) is 3. The van der Waals surface area contributed by atoms with E-state index >= 15 is 0 Å². The fraction of sp³-hybridized carbons (Fsp3) is 0.250. The molecule has 0 unspecified atom stereocenters. The standard InChI is InChI=1S/C16H16N2O3/c1-10-11(7-8-17-10)15(19)18-9-13(16(20)21-2)12-5-3-4-6-14(12)18/h3-8,13,17H,9H2,1-2H3/t13-/m0/s1. The lowest BCUT2D eigenvalue weighted by Crippen LogP contribution is -2.31. The fourth-order valence-corrected chi connectivity index (χ4v) is 2.77. The molecule has 108 valence electrons. The summed E-state index contributed by atoms with van der Waals surface area (Å²) in [4.78, 5) is 29.3. The molecule has 1 N–H and O–H groups in total. The van der Waals surface area contributed by atoms with E-state index in [0.29, 0.717) is 12.1 Å². The number of fused-ring (bicyclic) bond motifs is 1. The normalized spacial score (nSPS) is 16.7. The monoisotopic (exact) mass is 284 g/mol. The molecule has 0 saturated carbocycles. The second kappa shape index (κ2) is 5.09. The molecule has 0 fully saturated rings. The number of aromatic amines is 1. The Balaban J connectivity index is 2.00. The molecule has 0 saturated heterocycles. The number of nitrogens with zero attached hydrogens (tertiary/aromatic N) is 1. The van der Waals surface area contributed by atoms with Gasteiger partial charge in [-0.3, -0.25) is 9.59 Å². The second-order valence-electron chi connectivity index (χ2n) is 5.07. The summed E-state index contributed by atoms with van der Waals surface area (Å²) in [6.07, 6.45) is 1.74. The zero-order chi connectivity index (χ0) is 15.0. The van der Waals surface area contributed by atoms with Crippen molar-refractivity contribution in [2.45, 2.75) is 12.8 Å². The molecule has 3 rings (SSSR count). The van der Waals surface area contributed by atoms with E-state index in [-0.39, 0.29) is 11.9 Å². The zero-order valence-corrected chi connectivity index (χ0v) is 11.9. The molecule has 2 aromatic rings. The lowest BCUT2D eigenvalue weighted by molar-refractivity contribution is -0.141. The molecule has 1 amide bonds. The summed E-state index contributed by atoms with van der Waals surface area (Å²) in [7, 11) is 1.37. The first-order valence-electron chi connectivity index (χ1n) is 6.76. The highest BCUT2D eigenvalue weighted by molar-refractivity contribution is 6.09. The van der Waals surface area contributed by atoms with Gasteiger partial charge < -0.3 is 14.6 Å². The third kappa shape index (κ3) is 2.11. The highest BCUT2D eigenvalue weighted by Crippen LogP contribution is 2.37. The van der Waals surface area contributed by atoms with Crippen LogP contribution >= 0.6 is 0 Å². The topological polar surface area (TPSA) is 62.4 Å². The van der Waals surface area contributed by atoms with E-state index in [0.717, 1.165) is 16.9 Å². The molecule has 5 heteroatoms. The maximum Gasteiger partial charge on any atom is 0.315 e. The van der Waals surface area contributed by atoms with Gasteiger partial charge in [0.05, 0.1) is 12.7 Å². The van der Waals surface area contributed by atoms with Crippen molar-refractivity contribution < 1.29 is 14.3 Å². The van der Waals surface area contributed by atoms with Crippen molar-refractivity contribution in [2.75, 3.05) is 18.6 Å². The summed E-state index contributed by atoms with van der Waals surface area (Å²) in [6.45, 7) is 2.17. The van der Waals surface area contributed by atoms with Gasteiger partial charge in [0, 0.05) is 24.1 Å². The Kier molecular flexibility index (Phi) is 3.25. The summed E-state index contributed by atoms with van der Waals surface area (Å²) < 4.78 is 4.85. The third-order valence-corrected chi connectivity index (χ3v) is 3.88. The van der Waals surface area contributed by atoms with Crippen LogP contribution in [0, 0.1) is 6.92 Å². The van der Waals surface area contributed by atoms with E-state index in [2.05, 4.69) is 4.98 Å². The van der Waals surface area contributed by atoms with Gasteiger partial charge in [-0.2, -0.15) is 0 Å². The second-order valence-corrected chi connectivity index (χ2v) is 5.07. The van der Waals surface area contributed by atoms with Crippen LogP contribution in [0.1, 0.15) is 27.5 Å². The number of amides is 1. The van der Waals surface area contributed by atoms with Gasteiger partial charge in [-0.15, -0.1) is 0 Å². The molecule has 21 heavy (non-hydrogen) atoms. The lowest BCUT2D eigenvalue weighted by atomic mass is 10.0. The molecule has 2 heterocycles. The van der Waals surface area contributed by atoms with Crippen LogP contribution in [-0.2, 0) is 9.53 Å². The minimum absolute atomic E-state index is 0.104. The molecule has 0 spiro atoms. The van der Waals surface area contributed by atoms with Crippen molar-refractivity contribution >= 4 is 17.6 Å². The molecule has 0 bridgehead atoms. The Morgan fingerprint density at radius 2 is 2.05 bits per heavy atom. The van der Waals surface area contributed by atoms with Gasteiger partial charge in [0.2, 0.25) is 0 Å². The van der Waals surface area contributed by atoms with Crippen molar-refractivity contribution in [3.05, 3.63) is 53.3 Å². The number of methoxy groups -OCH3 is 1. The van der Waals surface area contributed by atoms with Crippen LogP contribution in [0.3, 0.4) is 0 Å². The van der Waals surface area contributed by atoms with Crippen LogP contribution in [0.5, 0.6) is 0 Å². The minimum Gasteiger partial charge on any atom is -0.468 e. The SMILES string of the molecule is COC(=O)[C@H]1CN(C(=O)c2cc[nH]c2C)c2ccccc21. The van der Waals surface area contributed by atoms with Gasteiger partial charge in [0.1, 0.15) is 5.92 Å². The number of benzene rings is 1. The molecular formula is C16H16N2O3. The molecule has 1 aliphatic heterocycles. The number of nitrogens with one attached hydrogen (secondary N) is 1. The van der Waals surface area contributed by atoms with Crippen LogP contribution in [-0.4, -0.2) is 30.5 Å². The van der Waals surface area contributed by atoms with Crippen molar-refractivity contribution in [3.8, 4) is 0 Å². The highest BCUT2D eigenvalue weighted by atomic mass is 16.5. The first-order valence-corrected chi connectivity index (χ1v) is 6.76. The maximum absolute atomic E-state index is 12.7. The number of rotatable bonds is 2. The fourth-order valence-electron chi connectivity index (χ4n) is 2.77. The number of aryl methyl sites for hydroxylation is 1. The van der Waals surface area contributed by atoms with Gasteiger partial charge in [-0.1, -0.05) is 18.2 Å². The van der Waals surface area contributed by atoms with Gasteiger partial charge in [0.25, 0.3) is 5.91 Å². The van der Waals surface area contributed by atoms with Crippen LogP contribution in [0.4, 0.5) is 5.69 Å². The number of hydrogen-bond donors (Lipinski definition) is 1. The molecule has 1 aromatic heterocycles. The number of esters is 1. The average molecular weight is 284 g/mol. The number of H-pyrrole nitrogens is 1. The third-order valence-electron chi connectivity index (χ3n) is 3.88.